The molecule has 1 aliphatic carbocycles. The normalized spacial score (nSPS) is 30.2. The molecule has 1 aromatic rings. The van der Waals surface area contributed by atoms with E-state index in [0.29, 0.717) is 4.88 Å². The quantitative estimate of drug-likeness (QED) is 0.835. The summed E-state index contributed by atoms with van der Waals surface area (Å²) >= 11 is 1.36. The predicted molar refractivity (Wildman–Crippen MR) is 87.2 cm³/mol. The number of amides is 1. The van der Waals surface area contributed by atoms with Crippen molar-refractivity contribution in [2.24, 2.45) is 0 Å². The second-order valence-electron chi connectivity index (χ2n) is 6.43. The van der Waals surface area contributed by atoms with Crippen molar-refractivity contribution in [2.45, 2.75) is 63.6 Å². The zero-order chi connectivity index (χ0) is 15.5. The molecule has 1 saturated carbocycles. The summed E-state index contributed by atoms with van der Waals surface area (Å²) in [7, 11) is 0. The molecule has 0 aromatic carbocycles. The van der Waals surface area contributed by atoms with Gasteiger partial charge < -0.3 is 10.4 Å². The van der Waals surface area contributed by atoms with Gasteiger partial charge in [0.15, 0.2) is 0 Å². The van der Waals surface area contributed by atoms with Crippen LogP contribution in [0.15, 0.2) is 5.51 Å². The standard InChI is InChI=1S/C16H25N3O2S/c1-11-15(22-10-17-11)16(21)18-12-6-2-3-7-13(14(12)20)19-8-4-5-9-19/h10,12-14,20H,2-9H2,1H3,(H,18,21)/t12-,13-,14-/m1/s1. The summed E-state index contributed by atoms with van der Waals surface area (Å²) in [6, 6.07) is 0.0416. The van der Waals surface area contributed by atoms with Crippen LogP contribution in [0.25, 0.3) is 0 Å². The Labute approximate surface area is 135 Å². The van der Waals surface area contributed by atoms with E-state index >= 15 is 0 Å². The third kappa shape index (κ3) is 3.34. The number of aliphatic hydroxyl groups excluding tert-OH is 1. The van der Waals surface area contributed by atoms with Crippen molar-refractivity contribution in [1.82, 2.24) is 15.2 Å². The molecule has 1 aromatic heterocycles. The van der Waals surface area contributed by atoms with Crippen LogP contribution in [0.1, 0.15) is 53.9 Å². The molecule has 22 heavy (non-hydrogen) atoms. The fourth-order valence-corrected chi connectivity index (χ4v) is 4.42. The highest BCUT2D eigenvalue weighted by Gasteiger charge is 2.35. The van der Waals surface area contributed by atoms with Crippen LogP contribution in [-0.2, 0) is 0 Å². The summed E-state index contributed by atoms with van der Waals surface area (Å²) in [6.45, 7) is 4.01. The Morgan fingerprint density at radius 1 is 1.32 bits per heavy atom. The monoisotopic (exact) mass is 323 g/mol. The van der Waals surface area contributed by atoms with Crippen molar-refractivity contribution in [3.63, 3.8) is 0 Å². The summed E-state index contributed by atoms with van der Waals surface area (Å²) in [5, 5.41) is 13.9. The summed E-state index contributed by atoms with van der Waals surface area (Å²) in [5.74, 6) is -0.0916. The predicted octanol–water partition coefficient (Wildman–Crippen LogP) is 1.95. The zero-order valence-corrected chi connectivity index (χ0v) is 13.9. The van der Waals surface area contributed by atoms with E-state index in [2.05, 4.69) is 15.2 Å². The molecule has 2 aliphatic rings. The molecule has 0 bridgehead atoms. The first-order valence-corrected chi connectivity index (χ1v) is 9.18. The third-order valence-electron chi connectivity index (χ3n) is 4.95. The molecule has 1 saturated heterocycles. The second kappa shape index (κ2) is 7.06. The number of hydrogen-bond donors (Lipinski definition) is 2. The minimum atomic E-state index is -0.474. The lowest BCUT2D eigenvalue weighted by Gasteiger charge is -2.34. The number of thiazole rings is 1. The molecule has 2 N–H and O–H groups in total. The Morgan fingerprint density at radius 2 is 2.05 bits per heavy atom. The highest BCUT2D eigenvalue weighted by atomic mass is 32.1. The number of aryl methyl sites for hydroxylation is 1. The van der Waals surface area contributed by atoms with Gasteiger partial charge in [-0.1, -0.05) is 12.8 Å². The first kappa shape index (κ1) is 15.9. The number of likely N-dealkylation sites (tertiary alicyclic amines) is 1. The molecule has 2 heterocycles. The van der Waals surface area contributed by atoms with Gasteiger partial charge in [0.25, 0.3) is 5.91 Å². The summed E-state index contributed by atoms with van der Waals surface area (Å²) in [4.78, 5) is 19.6. The number of nitrogens with zero attached hydrogens (tertiary/aromatic N) is 2. The average Bonchev–Trinajstić information content (AvgIpc) is 3.13. The number of carbonyl (C=O) groups is 1. The Kier molecular flexibility index (Phi) is 5.10. The highest BCUT2D eigenvalue weighted by molar-refractivity contribution is 7.11. The van der Waals surface area contributed by atoms with E-state index in [1.54, 1.807) is 5.51 Å². The molecule has 5 nitrogen and oxygen atoms in total. The largest absolute Gasteiger partial charge is 0.389 e. The zero-order valence-electron chi connectivity index (χ0n) is 13.1. The van der Waals surface area contributed by atoms with Gasteiger partial charge in [-0.2, -0.15) is 0 Å². The first-order chi connectivity index (χ1) is 10.7. The van der Waals surface area contributed by atoms with Crippen LogP contribution < -0.4 is 5.32 Å². The summed E-state index contributed by atoms with van der Waals surface area (Å²) in [5.41, 5.74) is 2.46. The van der Waals surface area contributed by atoms with E-state index in [4.69, 9.17) is 0 Å². The SMILES string of the molecule is Cc1ncsc1C(=O)N[C@@H]1CCCC[C@@H](N2CCCC2)[C@@H]1O. The van der Waals surface area contributed by atoms with Crippen LogP contribution in [-0.4, -0.2) is 52.2 Å². The smallest absolute Gasteiger partial charge is 0.263 e. The van der Waals surface area contributed by atoms with Gasteiger partial charge in [-0.25, -0.2) is 4.98 Å². The van der Waals surface area contributed by atoms with E-state index in [0.717, 1.165) is 44.5 Å². The van der Waals surface area contributed by atoms with Crippen molar-refractivity contribution >= 4 is 17.2 Å². The van der Waals surface area contributed by atoms with E-state index in [1.807, 2.05) is 6.92 Å². The van der Waals surface area contributed by atoms with Gasteiger partial charge in [0, 0.05) is 6.04 Å². The molecule has 6 heteroatoms. The third-order valence-corrected chi connectivity index (χ3v) is 5.88. The molecule has 0 radical (unpaired) electrons. The maximum absolute atomic E-state index is 12.4. The van der Waals surface area contributed by atoms with Crippen molar-refractivity contribution in [3.8, 4) is 0 Å². The lowest BCUT2D eigenvalue weighted by molar-refractivity contribution is 0.0338. The molecular formula is C16H25N3O2S. The van der Waals surface area contributed by atoms with Gasteiger partial charge in [0.2, 0.25) is 0 Å². The molecule has 0 unspecified atom stereocenters. The van der Waals surface area contributed by atoms with Crippen LogP contribution in [0, 0.1) is 6.92 Å². The van der Waals surface area contributed by atoms with E-state index in [1.165, 1.54) is 24.2 Å². The second-order valence-corrected chi connectivity index (χ2v) is 7.29. The number of aromatic nitrogens is 1. The molecular weight excluding hydrogens is 298 g/mol. The number of hydrogen-bond acceptors (Lipinski definition) is 5. The maximum atomic E-state index is 12.4. The Bertz CT molecular complexity index is 513. The Balaban J connectivity index is 1.68. The van der Waals surface area contributed by atoms with Crippen molar-refractivity contribution in [3.05, 3.63) is 16.1 Å². The highest BCUT2D eigenvalue weighted by Crippen LogP contribution is 2.26. The minimum absolute atomic E-state index is 0.0916. The van der Waals surface area contributed by atoms with Crippen LogP contribution >= 0.6 is 11.3 Å². The van der Waals surface area contributed by atoms with Crippen LogP contribution in [0.3, 0.4) is 0 Å². The molecule has 0 spiro atoms. The van der Waals surface area contributed by atoms with Gasteiger partial charge in [-0.3, -0.25) is 9.69 Å². The fraction of sp³-hybridized carbons (Fsp3) is 0.750. The Hall–Kier alpha value is -0.980. The van der Waals surface area contributed by atoms with Crippen LogP contribution in [0.5, 0.6) is 0 Å². The first-order valence-electron chi connectivity index (χ1n) is 8.30. The van der Waals surface area contributed by atoms with Crippen molar-refractivity contribution in [1.29, 1.82) is 0 Å². The lowest BCUT2D eigenvalue weighted by atomic mass is 10.00. The van der Waals surface area contributed by atoms with E-state index in [9.17, 15) is 9.90 Å². The minimum Gasteiger partial charge on any atom is -0.389 e. The molecule has 3 atom stereocenters. The summed E-state index contributed by atoms with van der Waals surface area (Å²) in [6.07, 6.45) is 6.05. The number of aliphatic hydroxyl groups is 1. The maximum Gasteiger partial charge on any atom is 0.263 e. The van der Waals surface area contributed by atoms with E-state index in [-0.39, 0.29) is 18.0 Å². The number of nitrogens with one attached hydrogen (secondary N) is 1. The van der Waals surface area contributed by atoms with Crippen LogP contribution in [0.4, 0.5) is 0 Å². The number of carbonyl (C=O) groups excluding carboxylic acids is 1. The molecule has 3 rings (SSSR count). The lowest BCUT2D eigenvalue weighted by Crippen LogP contribution is -2.52. The molecule has 2 fully saturated rings. The molecule has 122 valence electrons. The average molecular weight is 323 g/mol. The topological polar surface area (TPSA) is 65.5 Å². The van der Waals surface area contributed by atoms with Crippen molar-refractivity contribution < 1.29 is 9.90 Å². The van der Waals surface area contributed by atoms with Gasteiger partial charge >= 0.3 is 0 Å². The molecule has 1 aliphatic heterocycles. The van der Waals surface area contributed by atoms with Gasteiger partial charge in [0.05, 0.1) is 23.4 Å². The Morgan fingerprint density at radius 3 is 2.73 bits per heavy atom. The van der Waals surface area contributed by atoms with E-state index < -0.39 is 6.10 Å². The number of rotatable bonds is 3. The fourth-order valence-electron chi connectivity index (χ4n) is 3.71. The molecule has 1 amide bonds. The van der Waals surface area contributed by atoms with Gasteiger partial charge in [-0.15, -0.1) is 11.3 Å². The van der Waals surface area contributed by atoms with Crippen LogP contribution in [0.2, 0.25) is 0 Å². The van der Waals surface area contributed by atoms with Gasteiger partial charge in [-0.05, 0) is 45.7 Å². The van der Waals surface area contributed by atoms with Crippen molar-refractivity contribution in [2.75, 3.05) is 13.1 Å². The summed E-state index contributed by atoms with van der Waals surface area (Å²) < 4.78 is 0. The van der Waals surface area contributed by atoms with Gasteiger partial charge in [0.1, 0.15) is 4.88 Å².